The van der Waals surface area contributed by atoms with Crippen LogP contribution in [0.1, 0.15) is 72.3 Å². The van der Waals surface area contributed by atoms with Gasteiger partial charge in [0.05, 0.1) is 6.04 Å². The molecule has 6 rings (SSSR count). The maximum Gasteiger partial charge on any atom is 0.253 e. The molecule has 1 unspecified atom stereocenters. The maximum atomic E-state index is 13.6. The van der Waals surface area contributed by atoms with Crippen molar-refractivity contribution in [2.45, 2.75) is 65.0 Å². The summed E-state index contributed by atoms with van der Waals surface area (Å²) in [6, 6.07) is 14.9. The summed E-state index contributed by atoms with van der Waals surface area (Å²) >= 11 is 0. The molecule has 38 heavy (non-hydrogen) atoms. The molecule has 1 aliphatic carbocycles. The second-order valence-electron chi connectivity index (χ2n) is 11.1. The fraction of sp³-hybridized carbons (Fsp3) is 0.467. The lowest BCUT2D eigenvalue weighted by Crippen LogP contribution is -2.49. The van der Waals surface area contributed by atoms with Gasteiger partial charge < -0.3 is 9.88 Å². The van der Waals surface area contributed by atoms with Crippen LogP contribution in [-0.2, 0) is 0 Å². The SMILES string of the molecule is Cc1ccc(C)c(N2CCN(C(c3cc4ccc(C)cc4[nH]c3=O)c3nnnn3C3CCCCC3)CC2)c1. The summed E-state index contributed by atoms with van der Waals surface area (Å²) < 4.78 is 2.03. The van der Waals surface area contributed by atoms with E-state index < -0.39 is 0 Å². The summed E-state index contributed by atoms with van der Waals surface area (Å²) in [7, 11) is 0. The van der Waals surface area contributed by atoms with Crippen LogP contribution in [0, 0.1) is 20.8 Å². The van der Waals surface area contributed by atoms with Crippen LogP contribution in [0.15, 0.2) is 47.3 Å². The Morgan fingerprint density at radius 2 is 1.63 bits per heavy atom. The van der Waals surface area contributed by atoms with Gasteiger partial charge in [-0.3, -0.25) is 9.69 Å². The van der Waals surface area contributed by atoms with Gasteiger partial charge in [-0.05, 0) is 84.3 Å². The Bertz CT molecular complexity index is 1490. The molecule has 198 valence electrons. The van der Waals surface area contributed by atoms with Gasteiger partial charge >= 0.3 is 0 Å². The van der Waals surface area contributed by atoms with Crippen LogP contribution in [0.4, 0.5) is 5.69 Å². The van der Waals surface area contributed by atoms with Gasteiger partial charge in [-0.25, -0.2) is 4.68 Å². The van der Waals surface area contributed by atoms with Crippen LogP contribution in [-0.4, -0.2) is 56.3 Å². The lowest BCUT2D eigenvalue weighted by Gasteiger charge is -2.40. The van der Waals surface area contributed by atoms with Crippen LogP contribution >= 0.6 is 0 Å². The second-order valence-corrected chi connectivity index (χ2v) is 11.1. The smallest absolute Gasteiger partial charge is 0.253 e. The second kappa shape index (κ2) is 10.3. The highest BCUT2D eigenvalue weighted by Crippen LogP contribution is 2.34. The first kappa shape index (κ1) is 24.8. The van der Waals surface area contributed by atoms with Crippen LogP contribution in [0.5, 0.6) is 0 Å². The molecule has 8 nitrogen and oxygen atoms in total. The van der Waals surface area contributed by atoms with Crippen LogP contribution < -0.4 is 10.5 Å². The number of rotatable bonds is 5. The van der Waals surface area contributed by atoms with Crippen LogP contribution in [0.3, 0.4) is 0 Å². The van der Waals surface area contributed by atoms with Gasteiger partial charge in [0, 0.05) is 42.9 Å². The number of aryl methyl sites for hydroxylation is 3. The molecule has 0 bridgehead atoms. The predicted octanol–water partition coefficient (Wildman–Crippen LogP) is 4.86. The third-order valence-electron chi connectivity index (χ3n) is 8.39. The Hall–Kier alpha value is -3.52. The molecule has 3 heterocycles. The number of H-pyrrole nitrogens is 1. The number of piperazine rings is 1. The van der Waals surface area contributed by atoms with Gasteiger partial charge in [-0.15, -0.1) is 5.10 Å². The molecule has 2 aromatic heterocycles. The minimum Gasteiger partial charge on any atom is -0.369 e. The summed E-state index contributed by atoms with van der Waals surface area (Å²) in [4.78, 5) is 21.6. The van der Waals surface area contributed by atoms with E-state index in [-0.39, 0.29) is 17.6 Å². The van der Waals surface area contributed by atoms with Crippen molar-refractivity contribution in [3.05, 3.63) is 80.9 Å². The number of fused-ring (bicyclic) bond motifs is 1. The summed E-state index contributed by atoms with van der Waals surface area (Å²) in [6.07, 6.45) is 5.82. The summed E-state index contributed by atoms with van der Waals surface area (Å²) in [6.45, 7) is 9.78. The summed E-state index contributed by atoms with van der Waals surface area (Å²) in [5.41, 5.74) is 6.51. The molecule has 1 atom stereocenters. The molecule has 1 N–H and O–H groups in total. The van der Waals surface area contributed by atoms with Gasteiger partial charge in [0.2, 0.25) is 0 Å². The average Bonchev–Trinajstić information content (AvgIpc) is 3.41. The molecule has 4 aromatic rings. The number of benzene rings is 2. The quantitative estimate of drug-likeness (QED) is 0.412. The number of hydrogen-bond acceptors (Lipinski definition) is 6. The zero-order valence-electron chi connectivity index (χ0n) is 22.7. The molecule has 1 saturated heterocycles. The number of nitrogens with one attached hydrogen (secondary N) is 1. The average molecular weight is 512 g/mol. The number of anilines is 1. The van der Waals surface area contributed by atoms with Gasteiger partial charge in [0.25, 0.3) is 5.56 Å². The van der Waals surface area contributed by atoms with Crippen molar-refractivity contribution in [3.8, 4) is 0 Å². The van der Waals surface area contributed by atoms with Crippen LogP contribution in [0.25, 0.3) is 10.9 Å². The molecule has 1 saturated carbocycles. The lowest BCUT2D eigenvalue weighted by atomic mass is 9.95. The fourth-order valence-corrected chi connectivity index (χ4v) is 6.28. The molecule has 8 heteroatoms. The van der Waals surface area contributed by atoms with Crippen molar-refractivity contribution >= 4 is 16.6 Å². The molecule has 0 radical (unpaired) electrons. The number of aromatic nitrogens is 5. The van der Waals surface area contributed by atoms with Gasteiger partial charge in [0.1, 0.15) is 6.04 Å². The topological polar surface area (TPSA) is 82.9 Å². The fourth-order valence-electron chi connectivity index (χ4n) is 6.28. The van der Waals surface area contributed by atoms with E-state index in [1.165, 1.54) is 36.1 Å². The molecule has 2 aliphatic rings. The molecule has 0 amide bonds. The number of pyridine rings is 1. The zero-order valence-corrected chi connectivity index (χ0v) is 22.7. The predicted molar refractivity (Wildman–Crippen MR) is 151 cm³/mol. The van der Waals surface area contributed by atoms with Crippen LogP contribution in [0.2, 0.25) is 0 Å². The molecular weight excluding hydrogens is 474 g/mol. The molecule has 2 fully saturated rings. The van der Waals surface area contributed by atoms with Crippen molar-refractivity contribution in [3.63, 3.8) is 0 Å². The highest BCUT2D eigenvalue weighted by molar-refractivity contribution is 5.79. The normalized spacial score (nSPS) is 18.2. The number of nitrogens with zero attached hydrogens (tertiary/aromatic N) is 6. The van der Waals surface area contributed by atoms with Crippen molar-refractivity contribution in [1.29, 1.82) is 0 Å². The number of hydrogen-bond donors (Lipinski definition) is 1. The van der Waals surface area contributed by atoms with Crippen molar-refractivity contribution in [1.82, 2.24) is 30.1 Å². The Kier molecular flexibility index (Phi) is 6.74. The Morgan fingerprint density at radius 3 is 2.42 bits per heavy atom. The van der Waals surface area contributed by atoms with E-state index in [2.05, 4.69) is 80.6 Å². The molecule has 1 aliphatic heterocycles. The third-order valence-corrected chi connectivity index (χ3v) is 8.39. The molecular formula is C30H37N7O. The van der Waals surface area contributed by atoms with E-state index in [4.69, 9.17) is 0 Å². The van der Waals surface area contributed by atoms with Crippen molar-refractivity contribution < 1.29 is 0 Å². The first-order valence-corrected chi connectivity index (χ1v) is 14.0. The summed E-state index contributed by atoms with van der Waals surface area (Å²) in [5, 5.41) is 14.2. The van der Waals surface area contributed by atoms with Gasteiger partial charge in [0.15, 0.2) is 5.82 Å². The van der Waals surface area contributed by atoms with E-state index in [1.54, 1.807) is 0 Å². The minimum absolute atomic E-state index is 0.0664. The van der Waals surface area contributed by atoms with Gasteiger partial charge in [-0.1, -0.05) is 43.5 Å². The standard InChI is InChI=1S/C30H37N7O/c1-20-10-12-23-19-25(30(38)31-26(23)17-20)28(29-32-33-34-37(29)24-7-5-4-6-8-24)36-15-13-35(14-16-36)27-18-21(2)9-11-22(27)3/h9-12,17-19,24,28H,4-8,13-16H2,1-3H3,(H,31,38). The highest BCUT2D eigenvalue weighted by Gasteiger charge is 2.34. The Labute approximate surface area is 223 Å². The summed E-state index contributed by atoms with van der Waals surface area (Å²) in [5.74, 6) is 0.786. The van der Waals surface area contributed by atoms with E-state index in [9.17, 15) is 4.79 Å². The lowest BCUT2D eigenvalue weighted by molar-refractivity contribution is 0.192. The van der Waals surface area contributed by atoms with Gasteiger partial charge in [-0.2, -0.15) is 0 Å². The first-order chi connectivity index (χ1) is 18.5. The highest BCUT2D eigenvalue weighted by atomic mass is 16.1. The van der Waals surface area contributed by atoms with E-state index in [1.807, 2.05) is 17.7 Å². The first-order valence-electron chi connectivity index (χ1n) is 14.0. The number of tetrazole rings is 1. The molecule has 0 spiro atoms. The Morgan fingerprint density at radius 1 is 0.895 bits per heavy atom. The minimum atomic E-state index is -0.304. The van der Waals surface area contributed by atoms with Crippen molar-refractivity contribution in [2.24, 2.45) is 0 Å². The van der Waals surface area contributed by atoms with E-state index in [0.29, 0.717) is 5.56 Å². The largest absolute Gasteiger partial charge is 0.369 e. The monoisotopic (exact) mass is 511 g/mol. The van der Waals surface area contributed by atoms with Crippen molar-refractivity contribution in [2.75, 3.05) is 31.1 Å². The van der Waals surface area contributed by atoms with E-state index >= 15 is 0 Å². The third kappa shape index (κ3) is 4.73. The van der Waals surface area contributed by atoms with E-state index in [0.717, 1.165) is 61.3 Å². The Balaban J connectivity index is 1.38. The maximum absolute atomic E-state index is 13.6. The molecule has 2 aromatic carbocycles. The number of aromatic amines is 1. The zero-order chi connectivity index (χ0) is 26.2.